The van der Waals surface area contributed by atoms with Crippen LogP contribution in [0.2, 0.25) is 0 Å². The summed E-state index contributed by atoms with van der Waals surface area (Å²) in [5, 5.41) is 11.2. The molecule has 1 saturated heterocycles. The van der Waals surface area contributed by atoms with E-state index in [9.17, 15) is 4.79 Å². The van der Waals surface area contributed by atoms with Gasteiger partial charge in [0.15, 0.2) is 5.96 Å². The molecule has 0 aliphatic carbocycles. The summed E-state index contributed by atoms with van der Waals surface area (Å²) < 4.78 is 1.91. The number of aryl methyl sites for hydroxylation is 2. The lowest BCUT2D eigenvalue weighted by molar-refractivity contribution is -0.123. The van der Waals surface area contributed by atoms with Crippen molar-refractivity contribution in [1.82, 2.24) is 25.3 Å². The van der Waals surface area contributed by atoms with Gasteiger partial charge in [-0.25, -0.2) is 4.99 Å². The highest BCUT2D eigenvalue weighted by molar-refractivity contribution is 14.0. The third-order valence-corrected chi connectivity index (χ3v) is 6.16. The van der Waals surface area contributed by atoms with Crippen molar-refractivity contribution in [3.63, 3.8) is 0 Å². The second-order valence-electron chi connectivity index (χ2n) is 8.62. The van der Waals surface area contributed by atoms with E-state index in [1.807, 2.05) is 18.7 Å². The van der Waals surface area contributed by atoms with Gasteiger partial charge in [-0.15, -0.1) is 24.0 Å². The Balaban J connectivity index is 0.00000385. The van der Waals surface area contributed by atoms with Crippen LogP contribution in [-0.2, 0) is 31.5 Å². The number of aromatic nitrogens is 2. The van der Waals surface area contributed by atoms with E-state index in [0.29, 0.717) is 13.1 Å². The second kappa shape index (κ2) is 12.9. The number of likely N-dealkylation sites (tertiary alicyclic amines) is 1. The first-order valence-corrected chi connectivity index (χ1v) is 11.5. The number of carbonyl (C=O) groups is 1. The number of rotatable bonds is 8. The number of primary amides is 1. The molecule has 9 heteroatoms. The van der Waals surface area contributed by atoms with E-state index in [-0.39, 0.29) is 35.8 Å². The molecule has 1 aliphatic heterocycles. The van der Waals surface area contributed by atoms with Gasteiger partial charge in [-0.05, 0) is 51.3 Å². The number of benzene rings is 1. The molecule has 1 fully saturated rings. The predicted molar refractivity (Wildman–Crippen MR) is 143 cm³/mol. The summed E-state index contributed by atoms with van der Waals surface area (Å²) in [7, 11) is 1.97. The van der Waals surface area contributed by atoms with Crippen molar-refractivity contribution < 1.29 is 4.79 Å². The van der Waals surface area contributed by atoms with Crippen LogP contribution in [-0.4, -0.2) is 46.2 Å². The molecule has 2 aromatic rings. The first kappa shape index (κ1) is 27.1. The van der Waals surface area contributed by atoms with Gasteiger partial charge in [0.1, 0.15) is 0 Å². The highest BCUT2D eigenvalue weighted by Gasteiger charge is 2.23. The maximum absolute atomic E-state index is 11.6. The van der Waals surface area contributed by atoms with Crippen molar-refractivity contribution in [2.75, 3.05) is 19.6 Å². The van der Waals surface area contributed by atoms with E-state index >= 15 is 0 Å². The summed E-state index contributed by atoms with van der Waals surface area (Å²) in [5.41, 5.74) is 11.3. The van der Waals surface area contributed by atoms with Crippen LogP contribution in [0.15, 0.2) is 29.3 Å². The minimum atomic E-state index is -0.182. The SMILES string of the molecule is CCNC(=NCc1cccc(CN2CCCC(C(N)=O)C2)c1)NCc1c(C)nn(C)c1C.I. The van der Waals surface area contributed by atoms with Gasteiger partial charge in [0, 0.05) is 44.5 Å². The van der Waals surface area contributed by atoms with E-state index in [1.54, 1.807) is 0 Å². The summed E-state index contributed by atoms with van der Waals surface area (Å²) in [6, 6.07) is 8.53. The fraction of sp³-hybridized carbons (Fsp3) is 0.542. The maximum Gasteiger partial charge on any atom is 0.221 e. The fourth-order valence-corrected chi connectivity index (χ4v) is 4.27. The molecular weight excluding hydrogens is 529 g/mol. The normalized spacial score (nSPS) is 16.8. The Kier molecular flexibility index (Phi) is 10.6. The van der Waals surface area contributed by atoms with Gasteiger partial charge in [-0.1, -0.05) is 24.3 Å². The van der Waals surface area contributed by atoms with Gasteiger partial charge in [-0.3, -0.25) is 14.4 Å². The van der Waals surface area contributed by atoms with Crippen molar-refractivity contribution in [2.24, 2.45) is 23.7 Å². The number of halogens is 1. The van der Waals surface area contributed by atoms with Gasteiger partial charge in [0.05, 0.1) is 18.2 Å². The molecule has 0 spiro atoms. The number of nitrogens with one attached hydrogen (secondary N) is 2. The number of hydrogen-bond donors (Lipinski definition) is 3. The average molecular weight is 568 g/mol. The molecule has 2 heterocycles. The van der Waals surface area contributed by atoms with Gasteiger partial charge in [0.25, 0.3) is 0 Å². The minimum absolute atomic E-state index is 0. The van der Waals surface area contributed by atoms with Crippen LogP contribution >= 0.6 is 24.0 Å². The number of hydrogen-bond acceptors (Lipinski definition) is 4. The quantitative estimate of drug-likeness (QED) is 0.259. The zero-order valence-corrected chi connectivity index (χ0v) is 22.6. The highest BCUT2D eigenvalue weighted by atomic mass is 127. The van der Waals surface area contributed by atoms with Gasteiger partial charge in [0.2, 0.25) is 5.91 Å². The Labute approximate surface area is 214 Å². The van der Waals surface area contributed by atoms with Crippen molar-refractivity contribution in [2.45, 2.75) is 53.2 Å². The van der Waals surface area contributed by atoms with Crippen LogP contribution in [0.25, 0.3) is 0 Å². The number of carbonyl (C=O) groups excluding carboxylic acids is 1. The maximum atomic E-state index is 11.6. The first-order chi connectivity index (χ1) is 15.4. The van der Waals surface area contributed by atoms with Crippen LogP contribution in [0.4, 0.5) is 0 Å². The molecular formula is C24H38IN7O. The molecule has 1 aliphatic rings. The van der Waals surface area contributed by atoms with Gasteiger partial charge < -0.3 is 16.4 Å². The molecule has 1 amide bonds. The van der Waals surface area contributed by atoms with Crippen molar-refractivity contribution in [1.29, 1.82) is 0 Å². The Morgan fingerprint density at radius 3 is 2.70 bits per heavy atom. The van der Waals surface area contributed by atoms with E-state index in [0.717, 1.165) is 61.9 Å². The Bertz CT molecular complexity index is 956. The van der Waals surface area contributed by atoms with E-state index in [2.05, 4.69) is 58.7 Å². The Morgan fingerprint density at radius 1 is 1.27 bits per heavy atom. The third kappa shape index (κ3) is 7.70. The Morgan fingerprint density at radius 2 is 2.03 bits per heavy atom. The minimum Gasteiger partial charge on any atom is -0.369 e. The summed E-state index contributed by atoms with van der Waals surface area (Å²) in [6.45, 7) is 10.9. The molecule has 0 bridgehead atoms. The molecule has 182 valence electrons. The molecule has 4 N–H and O–H groups in total. The third-order valence-electron chi connectivity index (χ3n) is 6.16. The number of amides is 1. The zero-order valence-electron chi connectivity index (χ0n) is 20.2. The summed E-state index contributed by atoms with van der Waals surface area (Å²) in [5.74, 6) is 0.580. The second-order valence-corrected chi connectivity index (χ2v) is 8.62. The lowest BCUT2D eigenvalue weighted by atomic mass is 9.97. The van der Waals surface area contributed by atoms with E-state index in [4.69, 9.17) is 10.7 Å². The van der Waals surface area contributed by atoms with Crippen molar-refractivity contribution in [3.05, 3.63) is 52.3 Å². The fourth-order valence-electron chi connectivity index (χ4n) is 4.27. The molecule has 1 aromatic heterocycles. The largest absolute Gasteiger partial charge is 0.369 e. The molecule has 0 saturated carbocycles. The molecule has 0 radical (unpaired) electrons. The smallest absolute Gasteiger partial charge is 0.221 e. The molecule has 3 rings (SSSR count). The number of piperidine rings is 1. The summed E-state index contributed by atoms with van der Waals surface area (Å²) in [4.78, 5) is 18.7. The molecule has 33 heavy (non-hydrogen) atoms. The van der Waals surface area contributed by atoms with Crippen LogP contribution in [0.5, 0.6) is 0 Å². The average Bonchev–Trinajstić information content (AvgIpc) is 3.01. The van der Waals surface area contributed by atoms with Gasteiger partial charge in [-0.2, -0.15) is 5.10 Å². The number of guanidine groups is 1. The molecule has 1 aromatic carbocycles. The highest BCUT2D eigenvalue weighted by Crippen LogP contribution is 2.19. The molecule has 1 unspecified atom stereocenters. The first-order valence-electron chi connectivity index (χ1n) is 11.5. The predicted octanol–water partition coefficient (Wildman–Crippen LogP) is 2.61. The Hall–Kier alpha value is -2.14. The zero-order chi connectivity index (χ0) is 23.1. The number of aliphatic imine (C=N–C) groups is 1. The monoisotopic (exact) mass is 567 g/mol. The molecule has 8 nitrogen and oxygen atoms in total. The lowest BCUT2D eigenvalue weighted by Gasteiger charge is -2.31. The van der Waals surface area contributed by atoms with Crippen LogP contribution in [0.3, 0.4) is 0 Å². The molecule has 1 atom stereocenters. The van der Waals surface area contributed by atoms with Crippen LogP contribution < -0.4 is 16.4 Å². The van der Waals surface area contributed by atoms with E-state index < -0.39 is 0 Å². The van der Waals surface area contributed by atoms with Crippen LogP contribution in [0, 0.1) is 19.8 Å². The van der Waals surface area contributed by atoms with E-state index in [1.165, 1.54) is 11.1 Å². The summed E-state index contributed by atoms with van der Waals surface area (Å²) in [6.07, 6.45) is 1.92. The lowest BCUT2D eigenvalue weighted by Crippen LogP contribution is -2.40. The van der Waals surface area contributed by atoms with Gasteiger partial charge >= 0.3 is 0 Å². The van der Waals surface area contributed by atoms with Crippen molar-refractivity contribution >= 4 is 35.8 Å². The van der Waals surface area contributed by atoms with Crippen LogP contribution in [0.1, 0.15) is 47.8 Å². The van der Waals surface area contributed by atoms with Crippen molar-refractivity contribution in [3.8, 4) is 0 Å². The number of nitrogens with two attached hydrogens (primary N) is 1. The topological polar surface area (TPSA) is 101 Å². The standard InChI is InChI=1S/C24H37N7O.HI/c1-5-26-24(28-14-22-17(2)29-30(4)18(22)3)27-13-19-8-6-9-20(12-19)15-31-11-7-10-21(16-31)23(25)32;/h6,8-9,12,21H,5,7,10-11,13-16H2,1-4H3,(H2,25,32)(H2,26,27,28);1H. The number of nitrogens with zero attached hydrogens (tertiary/aromatic N) is 4. The summed E-state index contributed by atoms with van der Waals surface area (Å²) >= 11 is 0.